The molecule has 0 heterocycles. The zero-order valence-electron chi connectivity index (χ0n) is 21.2. The number of hydrogen-bond acceptors (Lipinski definition) is 3. The fourth-order valence-corrected chi connectivity index (χ4v) is 4.80. The molecule has 0 amide bonds. The number of allylic oxidation sites excluding steroid dienone is 1. The van der Waals surface area contributed by atoms with E-state index in [0.29, 0.717) is 12.8 Å². The molecule has 0 fully saturated rings. The molecule has 3 unspecified atom stereocenters. The first-order valence-corrected chi connectivity index (χ1v) is 13.6. The Morgan fingerprint density at radius 1 is 0.875 bits per heavy atom. The minimum absolute atomic E-state index is 0.0876. The Morgan fingerprint density at radius 3 is 1.81 bits per heavy atom. The highest BCUT2D eigenvalue weighted by Crippen LogP contribution is 2.38. The molecule has 0 aromatic carbocycles. The van der Waals surface area contributed by atoms with Crippen molar-refractivity contribution in [3.8, 4) is 0 Å². The van der Waals surface area contributed by atoms with Crippen LogP contribution < -0.4 is 0 Å². The number of aliphatic carboxylic acids is 1. The van der Waals surface area contributed by atoms with Gasteiger partial charge in [0.15, 0.2) is 0 Å². The first-order valence-electron chi connectivity index (χ1n) is 13.6. The number of unbranched alkanes of at least 4 members (excludes halogenated alkanes) is 12. The van der Waals surface area contributed by atoms with Gasteiger partial charge in [-0.2, -0.15) is 0 Å². The Kier molecular flexibility index (Phi) is 15.4. The van der Waals surface area contributed by atoms with Gasteiger partial charge in [0.25, 0.3) is 0 Å². The molecular formula is C28H50O4. The standard InChI is InChI=1S/C28H50O4/c1-4-6-8-10-12-13-15-17-21-24(20-16-14-11-9-7-5-2)32-27(31)28(3)23-19-18-22-25(28)26(29)30/h19,23-25H,4-18,20-22H2,1-3H3,(H,29,30). The zero-order chi connectivity index (χ0) is 23.7. The lowest BCUT2D eigenvalue weighted by atomic mass is 9.71. The van der Waals surface area contributed by atoms with Crippen LogP contribution in [0.5, 0.6) is 0 Å². The fourth-order valence-electron chi connectivity index (χ4n) is 4.80. The van der Waals surface area contributed by atoms with Crippen molar-refractivity contribution < 1.29 is 19.4 Å². The van der Waals surface area contributed by atoms with Crippen LogP contribution in [0.4, 0.5) is 0 Å². The van der Waals surface area contributed by atoms with Crippen molar-refractivity contribution in [3.05, 3.63) is 12.2 Å². The van der Waals surface area contributed by atoms with E-state index < -0.39 is 17.3 Å². The third-order valence-electron chi connectivity index (χ3n) is 7.08. The lowest BCUT2D eigenvalue weighted by Crippen LogP contribution is -2.42. The number of ether oxygens (including phenoxy) is 1. The topological polar surface area (TPSA) is 63.6 Å². The van der Waals surface area contributed by atoms with Crippen LogP contribution in [0.3, 0.4) is 0 Å². The average Bonchev–Trinajstić information content (AvgIpc) is 2.77. The summed E-state index contributed by atoms with van der Waals surface area (Å²) in [5, 5.41) is 9.64. The van der Waals surface area contributed by atoms with Gasteiger partial charge in [-0.15, -0.1) is 0 Å². The second-order valence-electron chi connectivity index (χ2n) is 10.0. The highest BCUT2D eigenvalue weighted by Gasteiger charge is 2.46. The monoisotopic (exact) mass is 450 g/mol. The number of carbonyl (C=O) groups is 2. The SMILES string of the molecule is CCCCCCCCCCC(CCCCCCCC)OC(=O)C1(C)C=CCCC1C(=O)O. The molecule has 0 aromatic rings. The first-order chi connectivity index (χ1) is 15.5. The first kappa shape index (κ1) is 28.7. The molecule has 3 atom stereocenters. The van der Waals surface area contributed by atoms with Crippen molar-refractivity contribution >= 4 is 11.9 Å². The van der Waals surface area contributed by atoms with Crippen LogP contribution in [0.15, 0.2) is 12.2 Å². The Balaban J connectivity index is 2.54. The number of carboxylic acid groups (broad SMARTS) is 1. The van der Waals surface area contributed by atoms with E-state index in [0.717, 1.165) is 25.7 Å². The van der Waals surface area contributed by atoms with Crippen molar-refractivity contribution in [1.29, 1.82) is 0 Å². The minimum Gasteiger partial charge on any atom is -0.481 e. The second kappa shape index (κ2) is 17.2. The van der Waals surface area contributed by atoms with Crippen LogP contribution in [0, 0.1) is 11.3 Å². The molecule has 1 N–H and O–H groups in total. The third-order valence-corrected chi connectivity index (χ3v) is 7.08. The molecule has 32 heavy (non-hydrogen) atoms. The lowest BCUT2D eigenvalue weighted by Gasteiger charge is -2.34. The molecule has 4 heteroatoms. The summed E-state index contributed by atoms with van der Waals surface area (Å²) < 4.78 is 6.01. The van der Waals surface area contributed by atoms with E-state index in [-0.39, 0.29) is 12.1 Å². The fraction of sp³-hybridized carbons (Fsp3) is 0.857. The molecule has 1 aliphatic rings. The van der Waals surface area contributed by atoms with Crippen LogP contribution in [0.25, 0.3) is 0 Å². The normalized spacial score (nSPS) is 21.4. The summed E-state index contributed by atoms with van der Waals surface area (Å²) in [4.78, 5) is 24.9. The summed E-state index contributed by atoms with van der Waals surface area (Å²) in [6.07, 6.45) is 24.0. The number of rotatable bonds is 19. The molecular weight excluding hydrogens is 400 g/mol. The van der Waals surface area contributed by atoms with Crippen LogP contribution in [0.2, 0.25) is 0 Å². The van der Waals surface area contributed by atoms with Gasteiger partial charge < -0.3 is 9.84 Å². The molecule has 0 saturated heterocycles. The molecule has 1 rings (SSSR count). The van der Waals surface area contributed by atoms with Gasteiger partial charge in [0.1, 0.15) is 6.10 Å². The number of carboxylic acids is 1. The van der Waals surface area contributed by atoms with E-state index in [4.69, 9.17) is 4.74 Å². The van der Waals surface area contributed by atoms with Crippen LogP contribution in [0.1, 0.15) is 136 Å². The van der Waals surface area contributed by atoms with E-state index in [2.05, 4.69) is 13.8 Å². The highest BCUT2D eigenvalue weighted by atomic mass is 16.5. The zero-order valence-corrected chi connectivity index (χ0v) is 21.2. The van der Waals surface area contributed by atoms with Gasteiger partial charge in [-0.25, -0.2) is 0 Å². The van der Waals surface area contributed by atoms with E-state index >= 15 is 0 Å². The van der Waals surface area contributed by atoms with Gasteiger partial charge in [-0.1, -0.05) is 103 Å². The van der Waals surface area contributed by atoms with Crippen molar-refractivity contribution in [3.63, 3.8) is 0 Å². The summed E-state index contributed by atoms with van der Waals surface area (Å²) in [6, 6.07) is 0. The van der Waals surface area contributed by atoms with Crippen molar-refractivity contribution in [2.75, 3.05) is 0 Å². The average molecular weight is 451 g/mol. The van der Waals surface area contributed by atoms with Gasteiger partial charge in [-0.3, -0.25) is 9.59 Å². The van der Waals surface area contributed by atoms with Gasteiger partial charge in [0, 0.05) is 0 Å². The molecule has 0 spiro atoms. The molecule has 0 aliphatic heterocycles. The molecule has 0 bridgehead atoms. The van der Waals surface area contributed by atoms with Crippen LogP contribution in [-0.2, 0) is 14.3 Å². The quantitative estimate of drug-likeness (QED) is 0.122. The highest BCUT2D eigenvalue weighted by molar-refractivity contribution is 5.86. The molecule has 0 radical (unpaired) electrons. The Morgan fingerprint density at radius 2 is 1.34 bits per heavy atom. The molecule has 186 valence electrons. The smallest absolute Gasteiger partial charge is 0.316 e. The van der Waals surface area contributed by atoms with Gasteiger partial charge in [0.2, 0.25) is 0 Å². The Bertz CT molecular complexity index is 542. The number of esters is 1. The predicted octanol–water partition coefficient (Wildman–Crippen LogP) is 8.24. The van der Waals surface area contributed by atoms with E-state index in [9.17, 15) is 14.7 Å². The van der Waals surface area contributed by atoms with E-state index in [1.807, 2.05) is 6.08 Å². The second-order valence-corrected chi connectivity index (χ2v) is 10.0. The van der Waals surface area contributed by atoms with Crippen LogP contribution in [-0.4, -0.2) is 23.1 Å². The number of hydrogen-bond donors (Lipinski definition) is 1. The lowest BCUT2D eigenvalue weighted by molar-refractivity contribution is -0.168. The van der Waals surface area contributed by atoms with Crippen molar-refractivity contribution in [2.45, 2.75) is 142 Å². The third kappa shape index (κ3) is 11.0. The van der Waals surface area contributed by atoms with Crippen molar-refractivity contribution in [1.82, 2.24) is 0 Å². The van der Waals surface area contributed by atoms with Gasteiger partial charge in [0.05, 0.1) is 11.3 Å². The summed E-state index contributed by atoms with van der Waals surface area (Å²) in [5.74, 6) is -1.95. The van der Waals surface area contributed by atoms with Crippen molar-refractivity contribution in [2.24, 2.45) is 11.3 Å². The maximum atomic E-state index is 13.1. The van der Waals surface area contributed by atoms with Crippen LogP contribution >= 0.6 is 0 Å². The summed E-state index contributed by atoms with van der Waals surface area (Å²) in [6.45, 7) is 6.21. The van der Waals surface area contributed by atoms with E-state index in [1.54, 1.807) is 13.0 Å². The Labute approximate surface area is 197 Å². The maximum absolute atomic E-state index is 13.1. The van der Waals surface area contributed by atoms with Gasteiger partial charge in [-0.05, 0) is 45.4 Å². The number of carbonyl (C=O) groups excluding carboxylic acids is 1. The molecule has 1 aliphatic carbocycles. The summed E-state index contributed by atoms with van der Waals surface area (Å²) >= 11 is 0. The Hall–Kier alpha value is -1.32. The minimum atomic E-state index is -1.05. The molecule has 0 aromatic heterocycles. The predicted molar refractivity (Wildman–Crippen MR) is 133 cm³/mol. The maximum Gasteiger partial charge on any atom is 0.316 e. The summed E-state index contributed by atoms with van der Waals surface area (Å²) in [7, 11) is 0. The van der Waals surface area contributed by atoms with E-state index in [1.165, 1.54) is 77.0 Å². The van der Waals surface area contributed by atoms with Gasteiger partial charge >= 0.3 is 11.9 Å². The molecule has 0 saturated carbocycles. The largest absolute Gasteiger partial charge is 0.481 e. The molecule has 4 nitrogen and oxygen atoms in total. The summed E-state index contributed by atoms with van der Waals surface area (Å²) in [5.41, 5.74) is -1.05.